The summed E-state index contributed by atoms with van der Waals surface area (Å²) in [6.07, 6.45) is 0. The lowest BCUT2D eigenvalue weighted by Gasteiger charge is -2.08. The van der Waals surface area contributed by atoms with Crippen molar-refractivity contribution in [3.63, 3.8) is 0 Å². The number of rotatable bonds is 6. The van der Waals surface area contributed by atoms with Crippen LogP contribution in [-0.2, 0) is 4.79 Å². The fraction of sp³-hybridized carbons (Fsp3) is 0.0500. The van der Waals surface area contributed by atoms with E-state index in [-0.39, 0.29) is 12.5 Å². The maximum Gasteiger partial charge on any atom is 0.268 e. The summed E-state index contributed by atoms with van der Waals surface area (Å²) in [5, 5.41) is 9.24. The van der Waals surface area contributed by atoms with Crippen molar-refractivity contribution < 1.29 is 14.1 Å². The highest BCUT2D eigenvalue weighted by Gasteiger charge is 2.12. The monoisotopic (exact) mass is 411 g/mol. The second-order valence-corrected chi connectivity index (χ2v) is 7.16. The molecule has 4 aromatic rings. The molecule has 0 saturated carbocycles. The summed E-state index contributed by atoms with van der Waals surface area (Å²) in [7, 11) is 0. The Kier molecular flexibility index (Phi) is 5.36. The Morgan fingerprint density at radius 1 is 1.14 bits per heavy atom. The van der Waals surface area contributed by atoms with E-state index in [4.69, 9.17) is 20.9 Å². The molecule has 2 aromatic heterocycles. The van der Waals surface area contributed by atoms with Gasteiger partial charge in [-0.15, -0.1) is 11.3 Å². The Labute approximate surface area is 169 Å². The van der Waals surface area contributed by atoms with Gasteiger partial charge < -0.3 is 14.6 Å². The molecule has 0 aliphatic rings. The summed E-state index contributed by atoms with van der Waals surface area (Å²) in [5.74, 6) is 1.17. The van der Waals surface area contributed by atoms with Crippen LogP contribution in [0.2, 0.25) is 5.02 Å². The lowest BCUT2D eigenvalue weighted by atomic mass is 10.2. The van der Waals surface area contributed by atoms with Gasteiger partial charge in [0.05, 0.1) is 4.88 Å². The Balaban J connectivity index is 1.41. The zero-order chi connectivity index (χ0) is 19.3. The van der Waals surface area contributed by atoms with Gasteiger partial charge in [0.1, 0.15) is 5.75 Å². The Morgan fingerprint density at radius 3 is 2.86 bits per heavy atom. The number of halogens is 1. The zero-order valence-electron chi connectivity index (χ0n) is 14.5. The first-order valence-corrected chi connectivity index (χ1v) is 9.59. The van der Waals surface area contributed by atoms with Gasteiger partial charge in [-0.3, -0.25) is 4.79 Å². The van der Waals surface area contributed by atoms with Crippen LogP contribution < -0.4 is 10.1 Å². The molecule has 0 aliphatic carbocycles. The Hall–Kier alpha value is -3.16. The van der Waals surface area contributed by atoms with Crippen molar-refractivity contribution in [1.82, 2.24) is 10.1 Å². The van der Waals surface area contributed by atoms with Crippen LogP contribution in [0.3, 0.4) is 0 Å². The first-order valence-electron chi connectivity index (χ1n) is 8.33. The molecule has 28 heavy (non-hydrogen) atoms. The SMILES string of the molecule is O=C(COc1cccc(-c2noc(-c3cccs3)n2)c1)Nc1cccc(Cl)c1. The summed E-state index contributed by atoms with van der Waals surface area (Å²) < 4.78 is 10.9. The van der Waals surface area contributed by atoms with Gasteiger partial charge in [-0.1, -0.05) is 41.0 Å². The van der Waals surface area contributed by atoms with E-state index in [1.807, 2.05) is 23.6 Å². The van der Waals surface area contributed by atoms with Crippen molar-refractivity contribution in [2.45, 2.75) is 0 Å². The average molecular weight is 412 g/mol. The van der Waals surface area contributed by atoms with Crippen LogP contribution in [0.15, 0.2) is 70.6 Å². The van der Waals surface area contributed by atoms with Gasteiger partial charge in [-0.2, -0.15) is 4.98 Å². The van der Waals surface area contributed by atoms with Crippen molar-refractivity contribution in [3.05, 3.63) is 71.1 Å². The number of aromatic nitrogens is 2. The van der Waals surface area contributed by atoms with E-state index in [1.54, 1.807) is 42.5 Å². The first kappa shape index (κ1) is 18.2. The third kappa shape index (κ3) is 4.39. The number of hydrogen-bond acceptors (Lipinski definition) is 6. The van der Waals surface area contributed by atoms with E-state index in [1.165, 1.54) is 11.3 Å². The van der Waals surface area contributed by atoms with Crippen LogP contribution in [0.25, 0.3) is 22.2 Å². The number of carbonyl (C=O) groups is 1. The molecule has 0 saturated heterocycles. The molecular weight excluding hydrogens is 398 g/mol. The van der Waals surface area contributed by atoms with Crippen molar-refractivity contribution in [3.8, 4) is 27.9 Å². The molecule has 0 unspecified atom stereocenters. The number of nitrogens with zero attached hydrogens (tertiary/aromatic N) is 2. The minimum Gasteiger partial charge on any atom is -0.484 e. The first-order chi connectivity index (χ1) is 13.7. The number of ether oxygens (including phenoxy) is 1. The van der Waals surface area contributed by atoms with Crippen molar-refractivity contribution in [2.24, 2.45) is 0 Å². The highest BCUT2D eigenvalue weighted by atomic mass is 35.5. The van der Waals surface area contributed by atoms with Crippen LogP contribution >= 0.6 is 22.9 Å². The van der Waals surface area contributed by atoms with E-state index < -0.39 is 0 Å². The van der Waals surface area contributed by atoms with Gasteiger partial charge in [-0.05, 0) is 41.8 Å². The molecular formula is C20H14ClN3O3S. The molecule has 1 amide bonds. The second kappa shape index (κ2) is 8.24. The number of hydrogen-bond donors (Lipinski definition) is 1. The maximum atomic E-state index is 12.1. The van der Waals surface area contributed by atoms with Gasteiger partial charge in [0.15, 0.2) is 6.61 Å². The summed E-state index contributed by atoms with van der Waals surface area (Å²) in [6, 6.07) is 17.9. The summed E-state index contributed by atoms with van der Waals surface area (Å²) in [5.41, 5.74) is 1.35. The maximum absolute atomic E-state index is 12.1. The van der Waals surface area contributed by atoms with Crippen LogP contribution in [0.1, 0.15) is 0 Å². The van der Waals surface area contributed by atoms with Crippen molar-refractivity contribution in [1.29, 1.82) is 0 Å². The second-order valence-electron chi connectivity index (χ2n) is 5.78. The number of nitrogens with one attached hydrogen (secondary N) is 1. The number of anilines is 1. The number of thiophene rings is 1. The molecule has 0 radical (unpaired) electrons. The Morgan fingerprint density at radius 2 is 2.04 bits per heavy atom. The fourth-order valence-corrected chi connectivity index (χ4v) is 3.31. The molecule has 0 aliphatic heterocycles. The van der Waals surface area contributed by atoms with Gasteiger partial charge in [0, 0.05) is 16.3 Å². The van der Waals surface area contributed by atoms with Gasteiger partial charge in [0.2, 0.25) is 5.82 Å². The molecule has 2 aromatic carbocycles. The average Bonchev–Trinajstić information content (AvgIpc) is 3.38. The summed E-state index contributed by atoms with van der Waals surface area (Å²) in [6.45, 7) is -0.136. The molecule has 6 nitrogen and oxygen atoms in total. The molecule has 140 valence electrons. The van der Waals surface area contributed by atoms with E-state index in [0.29, 0.717) is 28.2 Å². The highest BCUT2D eigenvalue weighted by Crippen LogP contribution is 2.27. The number of benzene rings is 2. The van der Waals surface area contributed by atoms with Crippen LogP contribution in [0, 0.1) is 0 Å². The quantitative estimate of drug-likeness (QED) is 0.475. The molecule has 2 heterocycles. The van der Waals surface area contributed by atoms with Gasteiger partial charge >= 0.3 is 0 Å². The van der Waals surface area contributed by atoms with Crippen LogP contribution in [0.4, 0.5) is 5.69 Å². The minimum absolute atomic E-state index is 0.136. The number of carbonyl (C=O) groups excluding carboxylic acids is 1. The standard InChI is InChI=1S/C20H14ClN3O3S/c21-14-5-2-6-15(11-14)22-18(25)12-26-16-7-1-4-13(10-16)19-23-20(27-24-19)17-8-3-9-28-17/h1-11H,12H2,(H,22,25). The predicted octanol–water partition coefficient (Wildman–Crippen LogP) is 5.14. The predicted molar refractivity (Wildman–Crippen MR) is 109 cm³/mol. The molecule has 0 fully saturated rings. The smallest absolute Gasteiger partial charge is 0.268 e. The molecule has 0 bridgehead atoms. The van der Waals surface area contributed by atoms with E-state index in [2.05, 4.69) is 15.5 Å². The molecule has 0 spiro atoms. The molecule has 8 heteroatoms. The highest BCUT2D eigenvalue weighted by molar-refractivity contribution is 7.13. The van der Waals surface area contributed by atoms with E-state index in [0.717, 1.165) is 10.4 Å². The lowest BCUT2D eigenvalue weighted by molar-refractivity contribution is -0.118. The van der Waals surface area contributed by atoms with E-state index in [9.17, 15) is 4.79 Å². The largest absolute Gasteiger partial charge is 0.484 e. The van der Waals surface area contributed by atoms with Crippen LogP contribution in [-0.4, -0.2) is 22.7 Å². The normalized spacial score (nSPS) is 10.6. The van der Waals surface area contributed by atoms with Gasteiger partial charge in [0.25, 0.3) is 11.8 Å². The molecule has 4 rings (SSSR count). The van der Waals surface area contributed by atoms with Crippen molar-refractivity contribution in [2.75, 3.05) is 11.9 Å². The Bertz CT molecular complexity index is 1100. The minimum atomic E-state index is -0.285. The molecule has 0 atom stereocenters. The van der Waals surface area contributed by atoms with Crippen molar-refractivity contribution >= 4 is 34.5 Å². The third-order valence-corrected chi connectivity index (χ3v) is 4.82. The van der Waals surface area contributed by atoms with E-state index >= 15 is 0 Å². The van der Waals surface area contributed by atoms with Crippen LogP contribution in [0.5, 0.6) is 5.75 Å². The lowest BCUT2D eigenvalue weighted by Crippen LogP contribution is -2.20. The topological polar surface area (TPSA) is 77.2 Å². The third-order valence-electron chi connectivity index (χ3n) is 3.73. The fourth-order valence-electron chi connectivity index (χ4n) is 2.48. The summed E-state index contributed by atoms with van der Waals surface area (Å²) in [4.78, 5) is 17.4. The summed E-state index contributed by atoms with van der Waals surface area (Å²) >= 11 is 7.44. The van der Waals surface area contributed by atoms with Gasteiger partial charge in [-0.25, -0.2) is 0 Å². The zero-order valence-corrected chi connectivity index (χ0v) is 16.0. The number of amides is 1. The molecule has 1 N–H and O–H groups in total.